The van der Waals surface area contributed by atoms with Gasteiger partial charge in [-0.3, -0.25) is 13.9 Å². The minimum absolute atomic E-state index is 0.0261. The maximum absolute atomic E-state index is 12.3. The van der Waals surface area contributed by atoms with E-state index in [2.05, 4.69) is 19.7 Å². The molecule has 0 aliphatic heterocycles. The lowest BCUT2D eigenvalue weighted by atomic mass is 10.1. The van der Waals surface area contributed by atoms with Crippen molar-refractivity contribution in [3.63, 3.8) is 0 Å². The number of azo groups is 1. The van der Waals surface area contributed by atoms with Crippen LogP contribution in [0.2, 0.25) is 0 Å². The smallest absolute Gasteiger partial charge is 0.397 e. The molecule has 0 aliphatic carbocycles. The predicted octanol–water partition coefficient (Wildman–Crippen LogP) is 2.46. The van der Waals surface area contributed by atoms with E-state index in [1.54, 1.807) is 0 Å². The number of rotatable bonds is 9. The third-order valence-corrected chi connectivity index (χ3v) is 7.82. The number of nitrogens with one attached hydrogen (secondary N) is 1. The Bertz CT molecular complexity index is 1780. The van der Waals surface area contributed by atoms with Crippen LogP contribution in [0.15, 0.2) is 62.5 Å². The fraction of sp³-hybridized carbons (Fsp3) is 0.150. The Balaban J connectivity index is 2.06. The molecule has 0 spiro atoms. The molecule has 0 fully saturated rings. The Morgan fingerprint density at radius 2 is 1.66 bits per heavy atom. The van der Waals surface area contributed by atoms with Gasteiger partial charge in [0.15, 0.2) is 15.6 Å². The van der Waals surface area contributed by atoms with Crippen LogP contribution in [0.4, 0.5) is 17.1 Å². The van der Waals surface area contributed by atoms with E-state index < -0.39 is 75.6 Å². The van der Waals surface area contributed by atoms with Crippen molar-refractivity contribution in [1.82, 2.24) is 0 Å². The normalized spacial score (nSPS) is 12.7. The molecule has 1 amide bonds. The quantitative estimate of drug-likeness (QED) is 0.178. The number of phenols is 2. The van der Waals surface area contributed by atoms with Crippen molar-refractivity contribution in [3.8, 4) is 11.5 Å². The Hall–Kier alpha value is -3.68. The molecular formula is C20H19N3O12S3. The van der Waals surface area contributed by atoms with Crippen LogP contribution in [0.1, 0.15) is 6.92 Å². The van der Waals surface area contributed by atoms with Gasteiger partial charge in [-0.1, -0.05) is 12.1 Å². The highest BCUT2D eigenvalue weighted by Gasteiger charge is 2.24. The zero-order chi connectivity index (χ0) is 28.5. The summed E-state index contributed by atoms with van der Waals surface area (Å²) >= 11 is 0. The number of carbonyl (C=O) groups excluding carboxylic acids is 1. The first-order valence-electron chi connectivity index (χ1n) is 10.1. The molecular weight excluding hydrogens is 570 g/mol. The molecule has 0 saturated heterocycles. The van der Waals surface area contributed by atoms with Crippen LogP contribution in [0.3, 0.4) is 0 Å². The van der Waals surface area contributed by atoms with Gasteiger partial charge < -0.3 is 15.5 Å². The van der Waals surface area contributed by atoms with Crippen LogP contribution >= 0.6 is 0 Å². The summed E-state index contributed by atoms with van der Waals surface area (Å²) in [5, 5.41) is 30.9. The fourth-order valence-corrected chi connectivity index (χ4v) is 5.40. The lowest BCUT2D eigenvalue weighted by molar-refractivity contribution is -0.114. The Labute approximate surface area is 216 Å². The van der Waals surface area contributed by atoms with Crippen molar-refractivity contribution in [2.75, 3.05) is 17.7 Å². The molecule has 18 heteroatoms. The summed E-state index contributed by atoms with van der Waals surface area (Å²) < 4.78 is 91.9. The van der Waals surface area contributed by atoms with Crippen LogP contribution in [-0.2, 0) is 39.3 Å². The maximum atomic E-state index is 12.3. The number of nitrogens with zero attached hydrogens (tertiary/aromatic N) is 2. The number of benzene rings is 3. The number of aromatic hydroxyl groups is 2. The average molecular weight is 590 g/mol. The molecule has 0 aliphatic rings. The molecule has 0 radical (unpaired) electrons. The van der Waals surface area contributed by atoms with Gasteiger partial charge in [-0.05, 0) is 29.7 Å². The van der Waals surface area contributed by atoms with E-state index in [4.69, 9.17) is 4.55 Å². The van der Waals surface area contributed by atoms with Crippen molar-refractivity contribution >= 4 is 64.1 Å². The van der Waals surface area contributed by atoms with Crippen LogP contribution in [0.25, 0.3) is 10.8 Å². The number of phenolic OH excluding ortho intramolecular Hbond substituents is 2. The number of fused-ring (bicyclic) bond motifs is 1. The predicted molar refractivity (Wildman–Crippen MR) is 132 cm³/mol. The summed E-state index contributed by atoms with van der Waals surface area (Å²) in [7, 11) is -14.0. The largest absolute Gasteiger partial charge is 0.506 e. The summed E-state index contributed by atoms with van der Waals surface area (Å²) in [6.45, 7) is 0.306. The van der Waals surface area contributed by atoms with Crippen LogP contribution < -0.4 is 5.32 Å². The zero-order valence-corrected chi connectivity index (χ0v) is 21.6. The summed E-state index contributed by atoms with van der Waals surface area (Å²) in [5.41, 5.74) is -1.02. The second-order valence-electron chi connectivity index (χ2n) is 7.55. The SMILES string of the molecule is CC(=O)Nc1cccc2cc(S(=O)(=O)O)c(N=Nc3ccc(S(=O)(=O)CCOS(=O)(=O)O)cc3O)c(O)c12. The monoisotopic (exact) mass is 589 g/mol. The maximum Gasteiger partial charge on any atom is 0.397 e. The summed E-state index contributed by atoms with van der Waals surface area (Å²) in [4.78, 5) is 10.2. The molecule has 0 atom stereocenters. The van der Waals surface area contributed by atoms with Gasteiger partial charge in [0.2, 0.25) is 5.91 Å². The number of hydrogen-bond donors (Lipinski definition) is 5. The molecule has 3 aromatic carbocycles. The van der Waals surface area contributed by atoms with Crippen LogP contribution in [-0.4, -0.2) is 62.8 Å². The third-order valence-electron chi connectivity index (χ3n) is 4.81. The van der Waals surface area contributed by atoms with Crippen molar-refractivity contribution in [2.45, 2.75) is 16.7 Å². The van der Waals surface area contributed by atoms with Crippen molar-refractivity contribution in [2.24, 2.45) is 10.2 Å². The van der Waals surface area contributed by atoms with Gasteiger partial charge in [0.25, 0.3) is 10.1 Å². The van der Waals surface area contributed by atoms with E-state index in [1.807, 2.05) is 0 Å². The molecule has 15 nitrogen and oxygen atoms in total. The Morgan fingerprint density at radius 3 is 2.24 bits per heavy atom. The molecule has 3 aromatic rings. The lowest BCUT2D eigenvalue weighted by Crippen LogP contribution is -2.15. The first-order valence-corrected chi connectivity index (χ1v) is 14.6. The highest BCUT2D eigenvalue weighted by molar-refractivity contribution is 7.91. The van der Waals surface area contributed by atoms with Gasteiger partial charge in [-0.15, -0.1) is 10.2 Å². The first kappa shape index (κ1) is 28.9. The zero-order valence-electron chi connectivity index (χ0n) is 19.1. The Kier molecular flexibility index (Phi) is 8.05. The van der Waals surface area contributed by atoms with Gasteiger partial charge in [-0.25, -0.2) is 12.6 Å². The van der Waals surface area contributed by atoms with Gasteiger partial charge in [0.05, 0.1) is 22.9 Å². The molecule has 204 valence electrons. The van der Waals surface area contributed by atoms with E-state index in [0.29, 0.717) is 0 Å². The van der Waals surface area contributed by atoms with Gasteiger partial charge in [0, 0.05) is 18.4 Å². The minimum Gasteiger partial charge on any atom is -0.506 e. The number of carbonyl (C=O) groups is 1. The molecule has 0 aromatic heterocycles. The van der Waals surface area contributed by atoms with Crippen molar-refractivity contribution in [1.29, 1.82) is 0 Å². The minimum atomic E-state index is -4.96. The second kappa shape index (κ2) is 10.6. The number of amides is 1. The highest BCUT2D eigenvalue weighted by Crippen LogP contribution is 2.44. The van der Waals surface area contributed by atoms with Gasteiger partial charge in [-0.2, -0.15) is 16.8 Å². The number of sulfone groups is 1. The van der Waals surface area contributed by atoms with E-state index in [0.717, 1.165) is 24.3 Å². The number of hydrogen-bond acceptors (Lipinski definition) is 12. The Morgan fingerprint density at radius 1 is 0.974 bits per heavy atom. The lowest BCUT2D eigenvalue weighted by Gasteiger charge is -2.12. The van der Waals surface area contributed by atoms with E-state index in [1.165, 1.54) is 25.1 Å². The number of anilines is 1. The van der Waals surface area contributed by atoms with E-state index in [-0.39, 0.29) is 22.1 Å². The van der Waals surface area contributed by atoms with Crippen LogP contribution in [0.5, 0.6) is 11.5 Å². The highest BCUT2D eigenvalue weighted by atomic mass is 32.3. The summed E-state index contributed by atoms with van der Waals surface area (Å²) in [6, 6.07) is 7.96. The molecule has 0 unspecified atom stereocenters. The third kappa shape index (κ3) is 6.79. The standard InChI is InChI=1S/C20H19N3O12S3/c1-11(24)21-15-4-2-3-12-9-17(37(29,30)31)19(20(26)18(12)15)23-22-14-6-5-13(10-16(14)25)36(27,28)8-7-35-38(32,33)34/h2-6,9-10,25-26H,7-8H2,1H3,(H,21,24)(H,29,30,31)(H,32,33,34). The fourth-order valence-electron chi connectivity index (χ4n) is 3.24. The van der Waals surface area contributed by atoms with E-state index >= 15 is 0 Å². The molecule has 3 rings (SSSR count). The molecule has 5 N–H and O–H groups in total. The van der Waals surface area contributed by atoms with Gasteiger partial charge >= 0.3 is 10.4 Å². The molecule has 0 bridgehead atoms. The first-order chi connectivity index (χ1) is 17.5. The van der Waals surface area contributed by atoms with Crippen molar-refractivity contribution < 1.29 is 53.5 Å². The van der Waals surface area contributed by atoms with Crippen LogP contribution in [0, 0.1) is 0 Å². The molecule has 38 heavy (non-hydrogen) atoms. The van der Waals surface area contributed by atoms with E-state index in [9.17, 15) is 44.8 Å². The molecule has 0 saturated carbocycles. The molecule has 0 heterocycles. The summed E-state index contributed by atoms with van der Waals surface area (Å²) in [5.74, 6) is -2.89. The summed E-state index contributed by atoms with van der Waals surface area (Å²) in [6.07, 6.45) is 0. The average Bonchev–Trinajstić information content (AvgIpc) is 2.77. The second-order valence-corrected chi connectivity index (χ2v) is 12.1. The topological polar surface area (TPSA) is 246 Å². The van der Waals surface area contributed by atoms with Gasteiger partial charge in [0.1, 0.15) is 22.0 Å². The van der Waals surface area contributed by atoms with Crippen molar-refractivity contribution in [3.05, 3.63) is 42.5 Å².